The monoisotopic (exact) mass is 497 g/mol. The Balaban J connectivity index is 1.57. The summed E-state index contributed by atoms with van der Waals surface area (Å²) in [6.45, 7) is 4.70. The summed E-state index contributed by atoms with van der Waals surface area (Å²) in [5, 5.41) is 6.29. The molecule has 0 radical (unpaired) electrons. The van der Waals surface area contributed by atoms with Crippen molar-refractivity contribution in [1.82, 2.24) is 4.98 Å². The molecular weight excluding hydrogens is 470 g/mol. The standard InChI is InChI=1S/C38H27N/c1-38(2)32-21-11-10-19-30(32)36-33(38)23-31(29-20-12-22-39-37(29)36)35-27-17-8-6-15-25(27)34(24-13-4-3-5-14-24)26-16-7-9-18-28(26)35/h3-23H,1-2H3. The van der Waals surface area contributed by atoms with Crippen LogP contribution in [0.3, 0.4) is 0 Å². The van der Waals surface area contributed by atoms with Crippen molar-refractivity contribution in [2.45, 2.75) is 19.3 Å². The lowest BCUT2D eigenvalue weighted by Crippen LogP contribution is -2.15. The van der Waals surface area contributed by atoms with Crippen LogP contribution in [0.5, 0.6) is 0 Å². The van der Waals surface area contributed by atoms with Gasteiger partial charge in [0.05, 0.1) is 5.52 Å². The highest BCUT2D eigenvalue weighted by molar-refractivity contribution is 6.24. The number of hydrogen-bond donors (Lipinski definition) is 0. The molecule has 1 nitrogen and oxygen atoms in total. The van der Waals surface area contributed by atoms with Crippen molar-refractivity contribution < 1.29 is 0 Å². The van der Waals surface area contributed by atoms with Crippen molar-refractivity contribution in [2.24, 2.45) is 0 Å². The fourth-order valence-electron chi connectivity index (χ4n) is 6.94. The number of benzene rings is 6. The highest BCUT2D eigenvalue weighted by Gasteiger charge is 2.37. The highest BCUT2D eigenvalue weighted by atomic mass is 14.7. The van der Waals surface area contributed by atoms with Gasteiger partial charge in [0.1, 0.15) is 0 Å². The van der Waals surface area contributed by atoms with Crippen LogP contribution in [-0.2, 0) is 5.41 Å². The van der Waals surface area contributed by atoms with Crippen molar-refractivity contribution >= 4 is 32.4 Å². The number of hydrogen-bond acceptors (Lipinski definition) is 1. The van der Waals surface area contributed by atoms with Gasteiger partial charge in [0, 0.05) is 22.6 Å². The van der Waals surface area contributed by atoms with Crippen LogP contribution in [0.15, 0.2) is 128 Å². The molecule has 0 bridgehead atoms. The van der Waals surface area contributed by atoms with E-state index in [1.54, 1.807) is 0 Å². The molecule has 1 aliphatic rings. The Bertz CT molecular complexity index is 2030. The molecular formula is C38H27N. The Morgan fingerprint density at radius 1 is 0.462 bits per heavy atom. The smallest absolute Gasteiger partial charge is 0.0789 e. The molecule has 184 valence electrons. The Hall–Kier alpha value is -4.75. The van der Waals surface area contributed by atoms with Gasteiger partial charge in [-0.25, -0.2) is 0 Å². The third-order valence-corrected chi connectivity index (χ3v) is 8.70. The zero-order valence-corrected chi connectivity index (χ0v) is 22.1. The van der Waals surface area contributed by atoms with Crippen molar-refractivity contribution in [3.8, 4) is 33.4 Å². The van der Waals surface area contributed by atoms with Crippen LogP contribution in [-0.4, -0.2) is 4.98 Å². The Morgan fingerprint density at radius 2 is 1.03 bits per heavy atom. The van der Waals surface area contributed by atoms with Crippen LogP contribution in [0, 0.1) is 0 Å². The van der Waals surface area contributed by atoms with E-state index >= 15 is 0 Å². The van der Waals surface area contributed by atoms with Gasteiger partial charge >= 0.3 is 0 Å². The molecule has 1 aliphatic carbocycles. The second-order valence-corrected chi connectivity index (χ2v) is 11.1. The summed E-state index contributed by atoms with van der Waals surface area (Å²) in [5.41, 5.74) is 11.4. The molecule has 1 heteroatoms. The van der Waals surface area contributed by atoms with E-state index in [1.165, 1.54) is 71.4 Å². The first-order chi connectivity index (χ1) is 19.1. The fraction of sp³-hybridized carbons (Fsp3) is 0.0789. The molecule has 0 aliphatic heterocycles. The van der Waals surface area contributed by atoms with E-state index in [0.29, 0.717) is 0 Å². The molecule has 6 aromatic carbocycles. The van der Waals surface area contributed by atoms with Crippen LogP contribution < -0.4 is 0 Å². The van der Waals surface area contributed by atoms with Gasteiger partial charge < -0.3 is 0 Å². The summed E-state index contributed by atoms with van der Waals surface area (Å²) >= 11 is 0. The zero-order valence-electron chi connectivity index (χ0n) is 22.1. The SMILES string of the molecule is CC1(C)c2ccccc2-c2c1cc(-c1c3ccccc3c(-c3ccccc3)c3ccccc13)c1cccnc21. The van der Waals surface area contributed by atoms with E-state index < -0.39 is 0 Å². The minimum Gasteiger partial charge on any atom is -0.256 e. The number of rotatable bonds is 2. The largest absolute Gasteiger partial charge is 0.256 e. The van der Waals surface area contributed by atoms with Crippen molar-refractivity contribution in [3.05, 3.63) is 139 Å². The summed E-state index contributed by atoms with van der Waals surface area (Å²) in [7, 11) is 0. The predicted molar refractivity (Wildman–Crippen MR) is 165 cm³/mol. The first-order valence-corrected chi connectivity index (χ1v) is 13.7. The number of pyridine rings is 1. The van der Waals surface area contributed by atoms with Crippen LogP contribution in [0.1, 0.15) is 25.0 Å². The molecule has 0 N–H and O–H groups in total. The molecule has 0 spiro atoms. The molecule has 0 fully saturated rings. The van der Waals surface area contributed by atoms with Gasteiger partial charge in [0.2, 0.25) is 0 Å². The van der Waals surface area contributed by atoms with E-state index in [2.05, 4.69) is 135 Å². The molecule has 0 saturated heterocycles. The van der Waals surface area contributed by atoms with Crippen molar-refractivity contribution in [1.29, 1.82) is 0 Å². The molecule has 0 amide bonds. The van der Waals surface area contributed by atoms with Gasteiger partial charge in [0.25, 0.3) is 0 Å². The van der Waals surface area contributed by atoms with Crippen LogP contribution >= 0.6 is 0 Å². The zero-order chi connectivity index (χ0) is 26.1. The first kappa shape index (κ1) is 22.3. The molecule has 1 heterocycles. The van der Waals surface area contributed by atoms with Crippen molar-refractivity contribution in [2.75, 3.05) is 0 Å². The maximum absolute atomic E-state index is 5.03. The lowest BCUT2D eigenvalue weighted by Gasteiger charge is -2.24. The number of aromatic nitrogens is 1. The third-order valence-electron chi connectivity index (χ3n) is 8.70. The molecule has 1 aromatic heterocycles. The third kappa shape index (κ3) is 3.05. The highest BCUT2D eigenvalue weighted by Crippen LogP contribution is 2.54. The van der Waals surface area contributed by atoms with E-state index in [0.717, 1.165) is 5.52 Å². The van der Waals surface area contributed by atoms with Gasteiger partial charge in [0.15, 0.2) is 0 Å². The molecule has 7 aromatic rings. The molecule has 0 saturated carbocycles. The van der Waals surface area contributed by atoms with E-state index in [-0.39, 0.29) is 5.41 Å². The van der Waals surface area contributed by atoms with Crippen LogP contribution in [0.4, 0.5) is 0 Å². The van der Waals surface area contributed by atoms with Gasteiger partial charge in [-0.1, -0.05) is 123 Å². The summed E-state index contributed by atoms with van der Waals surface area (Å²) in [5.74, 6) is 0. The number of nitrogens with zero attached hydrogens (tertiary/aromatic N) is 1. The van der Waals surface area contributed by atoms with Crippen molar-refractivity contribution in [3.63, 3.8) is 0 Å². The Morgan fingerprint density at radius 3 is 1.72 bits per heavy atom. The maximum Gasteiger partial charge on any atom is 0.0789 e. The lowest BCUT2D eigenvalue weighted by molar-refractivity contribution is 0.661. The minimum atomic E-state index is -0.109. The molecule has 0 unspecified atom stereocenters. The lowest BCUT2D eigenvalue weighted by atomic mass is 9.79. The maximum atomic E-state index is 5.03. The molecule has 0 atom stereocenters. The van der Waals surface area contributed by atoms with E-state index in [1.807, 2.05) is 6.20 Å². The Labute approximate surface area is 228 Å². The summed E-state index contributed by atoms with van der Waals surface area (Å²) < 4.78 is 0. The molecule has 39 heavy (non-hydrogen) atoms. The average Bonchev–Trinajstić information content (AvgIpc) is 3.22. The second kappa shape index (κ2) is 8.12. The number of fused-ring (bicyclic) bond motifs is 7. The van der Waals surface area contributed by atoms with Gasteiger partial charge in [-0.3, -0.25) is 4.98 Å². The topological polar surface area (TPSA) is 12.9 Å². The van der Waals surface area contributed by atoms with E-state index in [4.69, 9.17) is 4.98 Å². The van der Waals surface area contributed by atoms with E-state index in [9.17, 15) is 0 Å². The average molecular weight is 498 g/mol. The quantitative estimate of drug-likeness (QED) is 0.217. The first-order valence-electron chi connectivity index (χ1n) is 13.7. The van der Waals surface area contributed by atoms with Gasteiger partial charge in [-0.2, -0.15) is 0 Å². The predicted octanol–water partition coefficient (Wildman–Crippen LogP) is 10.2. The minimum absolute atomic E-state index is 0.109. The summed E-state index contributed by atoms with van der Waals surface area (Å²) in [6.07, 6.45) is 1.94. The molecule has 8 rings (SSSR count). The van der Waals surface area contributed by atoms with Crippen LogP contribution in [0.2, 0.25) is 0 Å². The van der Waals surface area contributed by atoms with Gasteiger partial charge in [-0.15, -0.1) is 0 Å². The van der Waals surface area contributed by atoms with Crippen LogP contribution in [0.25, 0.3) is 65.8 Å². The summed E-state index contributed by atoms with van der Waals surface area (Å²) in [6, 6.07) is 44.2. The Kier molecular flexibility index (Phi) is 4.63. The van der Waals surface area contributed by atoms with Gasteiger partial charge in [-0.05, 0) is 72.6 Å². The normalized spacial score (nSPS) is 13.6. The fourth-order valence-corrected chi connectivity index (χ4v) is 6.94. The second-order valence-electron chi connectivity index (χ2n) is 11.1. The summed E-state index contributed by atoms with van der Waals surface area (Å²) in [4.78, 5) is 5.03.